The summed E-state index contributed by atoms with van der Waals surface area (Å²) >= 11 is 1.84. The molecule has 12 aromatic rings. The third kappa shape index (κ3) is 4.08. The van der Waals surface area contributed by atoms with E-state index in [1.54, 1.807) is 0 Å². The van der Waals surface area contributed by atoms with Crippen LogP contribution in [0.15, 0.2) is 179 Å². The van der Waals surface area contributed by atoms with E-state index in [4.69, 9.17) is 8.83 Å². The minimum absolute atomic E-state index is 0.918. The Morgan fingerprint density at radius 2 is 1.02 bits per heavy atom. The normalized spacial score (nSPS) is 12.2. The average Bonchev–Trinajstić information content (AvgIpc) is 3.93. The number of hydrogen-bond donors (Lipinski definition) is 0. The summed E-state index contributed by atoms with van der Waals surface area (Å²) in [5, 5.41) is 13.3. The molecule has 0 amide bonds. The maximum atomic E-state index is 6.34. The Kier molecular flexibility index (Phi) is 5.96. The standard InChI is InChI=1S/C50H28O2S/c1-2-11-29(12-3-1)41-28-51-50-38(41)24-26-44-49(50)40-22-21-30(27-45(40)53-44)46-34-13-4-6-15-36(34)47(37-16-7-5-14-35(37)46)32-18-10-19-33-31(32)23-25-43-48(33)39-17-8-9-20-42(39)52-43/h1-28H. The molecule has 2 nitrogen and oxygen atoms in total. The highest BCUT2D eigenvalue weighted by Crippen LogP contribution is 2.48. The number of para-hydroxylation sites is 1. The molecule has 0 saturated heterocycles. The van der Waals surface area contributed by atoms with Crippen LogP contribution in [-0.2, 0) is 0 Å². The highest BCUT2D eigenvalue weighted by molar-refractivity contribution is 7.26. The quantitative estimate of drug-likeness (QED) is 0.172. The van der Waals surface area contributed by atoms with Crippen LogP contribution in [0.2, 0.25) is 0 Å². The second-order valence-electron chi connectivity index (χ2n) is 13.9. The van der Waals surface area contributed by atoms with E-state index in [1.807, 2.05) is 23.7 Å². The number of benzene rings is 9. The predicted molar refractivity (Wildman–Crippen MR) is 225 cm³/mol. The molecule has 0 fully saturated rings. The first-order valence-electron chi connectivity index (χ1n) is 18.0. The number of hydrogen-bond acceptors (Lipinski definition) is 3. The van der Waals surface area contributed by atoms with Crippen molar-refractivity contribution >= 4 is 96.7 Å². The number of thiophene rings is 1. The summed E-state index contributed by atoms with van der Waals surface area (Å²) in [7, 11) is 0. The van der Waals surface area contributed by atoms with Crippen molar-refractivity contribution in [3.05, 3.63) is 170 Å². The molecule has 0 spiro atoms. The van der Waals surface area contributed by atoms with Gasteiger partial charge in [-0.3, -0.25) is 0 Å². The predicted octanol–water partition coefficient (Wildman–Crippen LogP) is 15.2. The molecule has 0 bridgehead atoms. The van der Waals surface area contributed by atoms with E-state index in [-0.39, 0.29) is 0 Å². The van der Waals surface area contributed by atoms with Crippen molar-refractivity contribution in [1.29, 1.82) is 0 Å². The molecule has 0 atom stereocenters. The van der Waals surface area contributed by atoms with Gasteiger partial charge in [0.15, 0.2) is 0 Å². The number of fused-ring (bicyclic) bond motifs is 12. The fourth-order valence-corrected chi connectivity index (χ4v) is 10.0. The fourth-order valence-electron chi connectivity index (χ4n) is 8.88. The van der Waals surface area contributed by atoms with Crippen LogP contribution in [0.25, 0.3) is 119 Å². The van der Waals surface area contributed by atoms with Gasteiger partial charge in [-0.25, -0.2) is 0 Å². The Bertz CT molecular complexity index is 3390. The zero-order valence-corrected chi connectivity index (χ0v) is 29.2. The van der Waals surface area contributed by atoms with Crippen LogP contribution < -0.4 is 0 Å². The van der Waals surface area contributed by atoms with E-state index < -0.39 is 0 Å². The van der Waals surface area contributed by atoms with Crippen LogP contribution in [-0.4, -0.2) is 0 Å². The topological polar surface area (TPSA) is 26.3 Å². The van der Waals surface area contributed by atoms with Gasteiger partial charge in [-0.05, 0) is 90.5 Å². The fraction of sp³-hybridized carbons (Fsp3) is 0. The highest BCUT2D eigenvalue weighted by Gasteiger charge is 2.21. The van der Waals surface area contributed by atoms with Gasteiger partial charge in [0.25, 0.3) is 0 Å². The largest absolute Gasteiger partial charge is 0.463 e. The third-order valence-corrected chi connectivity index (χ3v) is 12.3. The molecule has 0 aliphatic rings. The van der Waals surface area contributed by atoms with Crippen LogP contribution in [0, 0.1) is 0 Å². The van der Waals surface area contributed by atoms with Crippen molar-refractivity contribution in [2.24, 2.45) is 0 Å². The van der Waals surface area contributed by atoms with Crippen molar-refractivity contribution in [1.82, 2.24) is 0 Å². The van der Waals surface area contributed by atoms with Gasteiger partial charge < -0.3 is 8.83 Å². The van der Waals surface area contributed by atoms with Crippen LogP contribution >= 0.6 is 11.3 Å². The van der Waals surface area contributed by atoms with Gasteiger partial charge in [-0.1, -0.05) is 133 Å². The molecule has 246 valence electrons. The summed E-state index contributed by atoms with van der Waals surface area (Å²) < 4.78 is 15.1. The molecule has 0 aliphatic heterocycles. The van der Waals surface area contributed by atoms with E-state index in [0.29, 0.717) is 0 Å². The highest BCUT2D eigenvalue weighted by atomic mass is 32.1. The molecule has 9 aromatic carbocycles. The molecular weight excluding hydrogens is 665 g/mol. The van der Waals surface area contributed by atoms with Crippen LogP contribution in [0.1, 0.15) is 0 Å². The molecule has 0 saturated carbocycles. The van der Waals surface area contributed by atoms with Crippen molar-refractivity contribution in [2.45, 2.75) is 0 Å². The zero-order chi connectivity index (χ0) is 34.6. The second-order valence-corrected chi connectivity index (χ2v) is 15.0. The SMILES string of the molecule is c1ccc(-c2coc3c2ccc2sc4cc(-c5c6ccccc6c(-c6cccc7c6ccc6oc8ccccc8c67)c6ccccc56)ccc4c23)cc1. The molecule has 0 unspecified atom stereocenters. The summed E-state index contributed by atoms with van der Waals surface area (Å²) in [5.74, 6) is 0. The Morgan fingerprint density at radius 1 is 0.358 bits per heavy atom. The Balaban J connectivity index is 1.10. The average molecular weight is 693 g/mol. The first-order chi connectivity index (χ1) is 26.3. The Labute approximate surface area is 307 Å². The van der Waals surface area contributed by atoms with Gasteiger partial charge in [-0.2, -0.15) is 0 Å². The lowest BCUT2D eigenvalue weighted by Gasteiger charge is -2.19. The molecule has 3 heteroatoms. The molecule has 3 heterocycles. The summed E-state index contributed by atoms with van der Waals surface area (Å²) in [4.78, 5) is 0. The van der Waals surface area contributed by atoms with Gasteiger partial charge in [0.05, 0.1) is 6.26 Å². The van der Waals surface area contributed by atoms with Gasteiger partial charge >= 0.3 is 0 Å². The summed E-state index contributed by atoms with van der Waals surface area (Å²) in [6.07, 6.45) is 1.91. The van der Waals surface area contributed by atoms with Crippen molar-refractivity contribution in [3.8, 4) is 33.4 Å². The molecule has 0 N–H and O–H groups in total. The van der Waals surface area contributed by atoms with Gasteiger partial charge in [0.2, 0.25) is 0 Å². The van der Waals surface area contributed by atoms with E-state index >= 15 is 0 Å². The lowest BCUT2D eigenvalue weighted by atomic mass is 9.84. The second kappa shape index (κ2) is 10.9. The molecule has 3 aromatic heterocycles. The Morgan fingerprint density at radius 3 is 1.81 bits per heavy atom. The van der Waals surface area contributed by atoms with Crippen molar-refractivity contribution < 1.29 is 8.83 Å². The number of furan rings is 2. The van der Waals surface area contributed by atoms with Gasteiger partial charge in [0.1, 0.15) is 16.7 Å². The number of rotatable bonds is 3. The summed E-state index contributed by atoms with van der Waals surface area (Å²) in [5.41, 5.74) is 10.1. The monoisotopic (exact) mass is 692 g/mol. The summed E-state index contributed by atoms with van der Waals surface area (Å²) in [6, 6.07) is 59.3. The summed E-state index contributed by atoms with van der Waals surface area (Å²) in [6.45, 7) is 0. The Hall–Kier alpha value is -6.68. The zero-order valence-electron chi connectivity index (χ0n) is 28.4. The van der Waals surface area contributed by atoms with Crippen molar-refractivity contribution in [3.63, 3.8) is 0 Å². The van der Waals surface area contributed by atoms with Gasteiger partial charge in [0, 0.05) is 41.9 Å². The van der Waals surface area contributed by atoms with E-state index in [2.05, 4.69) is 158 Å². The minimum Gasteiger partial charge on any atom is -0.463 e. The lowest BCUT2D eigenvalue weighted by molar-refractivity contribution is 0.620. The first-order valence-corrected chi connectivity index (χ1v) is 18.8. The van der Waals surface area contributed by atoms with Crippen LogP contribution in [0.4, 0.5) is 0 Å². The van der Waals surface area contributed by atoms with E-state index in [0.717, 1.165) is 33.1 Å². The van der Waals surface area contributed by atoms with Crippen LogP contribution in [0.3, 0.4) is 0 Å². The maximum absolute atomic E-state index is 6.34. The van der Waals surface area contributed by atoms with Gasteiger partial charge in [-0.15, -0.1) is 11.3 Å². The molecule has 0 aliphatic carbocycles. The molecule has 0 radical (unpaired) electrons. The van der Waals surface area contributed by atoms with E-state index in [9.17, 15) is 0 Å². The minimum atomic E-state index is 0.918. The maximum Gasteiger partial charge on any atom is 0.143 e. The third-order valence-electron chi connectivity index (χ3n) is 11.1. The van der Waals surface area contributed by atoms with E-state index in [1.165, 1.54) is 85.7 Å². The first kappa shape index (κ1) is 29.0. The smallest absolute Gasteiger partial charge is 0.143 e. The van der Waals surface area contributed by atoms with Crippen LogP contribution in [0.5, 0.6) is 0 Å². The lowest BCUT2D eigenvalue weighted by Crippen LogP contribution is -1.91. The van der Waals surface area contributed by atoms with Crippen molar-refractivity contribution in [2.75, 3.05) is 0 Å². The molecule has 12 rings (SSSR count). The molecule has 53 heavy (non-hydrogen) atoms. The molecular formula is C50H28O2S.